The Kier molecular flexibility index (Phi) is 7.68. The lowest BCUT2D eigenvalue weighted by Crippen LogP contribution is -2.32. The van der Waals surface area contributed by atoms with Crippen LogP contribution in [0.1, 0.15) is 12.5 Å². The number of halogens is 1. The summed E-state index contributed by atoms with van der Waals surface area (Å²) in [5, 5.41) is 8.52. The van der Waals surface area contributed by atoms with Gasteiger partial charge in [-0.15, -0.1) is 11.6 Å². The third-order valence-electron chi connectivity index (χ3n) is 1.62. The van der Waals surface area contributed by atoms with Crippen LogP contribution in [0.2, 0.25) is 0 Å². The summed E-state index contributed by atoms with van der Waals surface area (Å²) in [6, 6.07) is 8.54. The minimum atomic E-state index is -0.959. The number of nitrogens with two attached hydrogens (primary N) is 1. The van der Waals surface area contributed by atoms with E-state index in [9.17, 15) is 4.79 Å². The van der Waals surface area contributed by atoms with Crippen LogP contribution in [0.15, 0.2) is 30.3 Å². The first-order valence-corrected chi connectivity index (χ1v) is 5.23. The van der Waals surface area contributed by atoms with E-state index in [0.29, 0.717) is 6.42 Å². The second-order valence-electron chi connectivity index (χ2n) is 2.90. The SMILES string of the molecule is CCCl.NC(Cc1ccccc1)C(=O)O. The van der Waals surface area contributed by atoms with Crippen LogP contribution in [0.25, 0.3) is 0 Å². The molecule has 0 heterocycles. The number of hydrogen-bond donors (Lipinski definition) is 2. The standard InChI is InChI=1S/C9H11NO2.C2H5Cl/c10-8(9(11)12)6-7-4-2-1-3-5-7;1-2-3/h1-5,8H,6,10H2,(H,11,12);2H2,1H3. The van der Waals surface area contributed by atoms with Crippen LogP contribution in [0, 0.1) is 0 Å². The number of hydrogen-bond acceptors (Lipinski definition) is 2. The van der Waals surface area contributed by atoms with Crippen molar-refractivity contribution in [3.63, 3.8) is 0 Å². The topological polar surface area (TPSA) is 63.3 Å². The zero-order valence-corrected chi connectivity index (χ0v) is 9.45. The van der Waals surface area contributed by atoms with Crippen LogP contribution in [-0.2, 0) is 11.2 Å². The third-order valence-corrected chi connectivity index (χ3v) is 1.62. The predicted molar refractivity (Wildman–Crippen MR) is 62.2 cm³/mol. The molecule has 1 aromatic carbocycles. The first kappa shape index (κ1) is 13.9. The van der Waals surface area contributed by atoms with E-state index in [2.05, 4.69) is 0 Å². The second kappa shape index (κ2) is 8.26. The lowest BCUT2D eigenvalue weighted by molar-refractivity contribution is -0.138. The Bertz CT molecular complexity index is 277. The number of rotatable bonds is 3. The molecular formula is C11H16ClNO2. The minimum absolute atomic E-state index is 0.385. The first-order chi connectivity index (χ1) is 7.11. The lowest BCUT2D eigenvalue weighted by atomic mass is 10.1. The van der Waals surface area contributed by atoms with Gasteiger partial charge in [0.15, 0.2) is 0 Å². The molecular weight excluding hydrogens is 214 g/mol. The van der Waals surface area contributed by atoms with Gasteiger partial charge < -0.3 is 10.8 Å². The summed E-state index contributed by atoms with van der Waals surface area (Å²) >= 11 is 5.00. The Balaban J connectivity index is 0.000000583. The average molecular weight is 230 g/mol. The molecule has 1 aromatic rings. The highest BCUT2D eigenvalue weighted by Gasteiger charge is 2.10. The van der Waals surface area contributed by atoms with Gasteiger partial charge in [0.05, 0.1) is 0 Å². The molecule has 3 nitrogen and oxygen atoms in total. The fourth-order valence-electron chi connectivity index (χ4n) is 0.955. The normalized spacial score (nSPS) is 11.1. The van der Waals surface area contributed by atoms with Crippen LogP contribution < -0.4 is 5.73 Å². The average Bonchev–Trinajstić information content (AvgIpc) is 2.20. The highest BCUT2D eigenvalue weighted by molar-refractivity contribution is 6.17. The van der Waals surface area contributed by atoms with Crippen LogP contribution in [0.3, 0.4) is 0 Å². The molecule has 0 aliphatic heterocycles. The summed E-state index contributed by atoms with van der Waals surface area (Å²) in [6.45, 7) is 1.89. The molecule has 0 spiro atoms. The molecule has 1 atom stereocenters. The molecule has 3 N–H and O–H groups in total. The van der Waals surface area contributed by atoms with Gasteiger partial charge in [-0.05, 0) is 12.0 Å². The molecule has 0 saturated heterocycles. The zero-order valence-electron chi connectivity index (χ0n) is 8.69. The van der Waals surface area contributed by atoms with E-state index in [1.54, 1.807) is 0 Å². The highest BCUT2D eigenvalue weighted by Crippen LogP contribution is 2.01. The number of carbonyl (C=O) groups is 1. The fraction of sp³-hybridized carbons (Fsp3) is 0.364. The van der Waals surface area contributed by atoms with Crippen molar-refractivity contribution in [1.29, 1.82) is 0 Å². The number of carboxylic acid groups (broad SMARTS) is 1. The second-order valence-corrected chi connectivity index (χ2v) is 3.44. The quantitative estimate of drug-likeness (QED) is 0.778. The largest absolute Gasteiger partial charge is 0.480 e. The van der Waals surface area contributed by atoms with Crippen molar-refractivity contribution in [2.24, 2.45) is 5.73 Å². The molecule has 4 heteroatoms. The van der Waals surface area contributed by atoms with Crippen molar-refractivity contribution in [1.82, 2.24) is 0 Å². The molecule has 0 amide bonds. The molecule has 0 fully saturated rings. The molecule has 1 rings (SSSR count). The van der Waals surface area contributed by atoms with E-state index in [1.165, 1.54) is 0 Å². The van der Waals surface area contributed by atoms with E-state index >= 15 is 0 Å². The molecule has 0 radical (unpaired) electrons. The molecule has 1 unspecified atom stereocenters. The molecule has 15 heavy (non-hydrogen) atoms. The Hall–Kier alpha value is -1.06. The van der Waals surface area contributed by atoms with Gasteiger partial charge in [-0.3, -0.25) is 4.79 Å². The number of aliphatic carboxylic acids is 1. The van der Waals surface area contributed by atoms with E-state index in [1.807, 2.05) is 37.3 Å². The number of alkyl halides is 1. The lowest BCUT2D eigenvalue weighted by Gasteiger charge is -2.04. The summed E-state index contributed by atoms with van der Waals surface area (Å²) in [4.78, 5) is 10.4. The van der Waals surface area contributed by atoms with Crippen molar-refractivity contribution >= 4 is 17.6 Å². The third kappa shape index (κ3) is 6.94. The van der Waals surface area contributed by atoms with Gasteiger partial charge in [0, 0.05) is 5.88 Å². The minimum Gasteiger partial charge on any atom is -0.480 e. The summed E-state index contributed by atoms with van der Waals surface area (Å²) in [7, 11) is 0. The van der Waals surface area contributed by atoms with Crippen LogP contribution in [-0.4, -0.2) is 23.0 Å². The van der Waals surface area contributed by atoms with Crippen LogP contribution >= 0.6 is 11.6 Å². The molecule has 84 valence electrons. The molecule has 0 saturated carbocycles. The van der Waals surface area contributed by atoms with Gasteiger partial charge in [0.2, 0.25) is 0 Å². The Labute approximate surface area is 94.9 Å². The van der Waals surface area contributed by atoms with E-state index in [4.69, 9.17) is 22.4 Å². The van der Waals surface area contributed by atoms with Gasteiger partial charge >= 0.3 is 5.97 Å². The summed E-state index contributed by atoms with van der Waals surface area (Å²) in [5.41, 5.74) is 6.30. The van der Waals surface area contributed by atoms with Crippen LogP contribution in [0.4, 0.5) is 0 Å². The highest BCUT2D eigenvalue weighted by atomic mass is 35.5. The Morgan fingerprint density at radius 3 is 2.33 bits per heavy atom. The van der Waals surface area contributed by atoms with Gasteiger partial charge in [0.25, 0.3) is 0 Å². The maximum absolute atomic E-state index is 10.4. The Morgan fingerprint density at radius 1 is 1.47 bits per heavy atom. The van der Waals surface area contributed by atoms with Crippen molar-refractivity contribution in [3.8, 4) is 0 Å². The van der Waals surface area contributed by atoms with Crippen molar-refractivity contribution in [3.05, 3.63) is 35.9 Å². The maximum Gasteiger partial charge on any atom is 0.320 e. The smallest absolute Gasteiger partial charge is 0.320 e. The van der Waals surface area contributed by atoms with E-state index < -0.39 is 12.0 Å². The summed E-state index contributed by atoms with van der Waals surface area (Å²) in [5.74, 6) is -0.237. The maximum atomic E-state index is 10.4. The molecule has 0 bridgehead atoms. The Morgan fingerprint density at radius 2 is 1.93 bits per heavy atom. The van der Waals surface area contributed by atoms with Crippen molar-refractivity contribution < 1.29 is 9.90 Å². The molecule has 0 aliphatic carbocycles. The predicted octanol–water partition coefficient (Wildman–Crippen LogP) is 1.89. The van der Waals surface area contributed by atoms with Gasteiger partial charge in [-0.2, -0.15) is 0 Å². The summed E-state index contributed by atoms with van der Waals surface area (Å²) < 4.78 is 0. The van der Waals surface area contributed by atoms with Gasteiger partial charge in [-0.1, -0.05) is 37.3 Å². The van der Waals surface area contributed by atoms with E-state index in [0.717, 1.165) is 11.4 Å². The number of carboxylic acids is 1. The zero-order chi connectivity index (χ0) is 11.7. The van der Waals surface area contributed by atoms with E-state index in [-0.39, 0.29) is 0 Å². The first-order valence-electron chi connectivity index (χ1n) is 4.70. The van der Waals surface area contributed by atoms with Gasteiger partial charge in [-0.25, -0.2) is 0 Å². The number of benzene rings is 1. The summed E-state index contributed by atoms with van der Waals surface area (Å²) in [6.07, 6.45) is 0.385. The fourth-order valence-corrected chi connectivity index (χ4v) is 0.955. The van der Waals surface area contributed by atoms with Crippen molar-refractivity contribution in [2.45, 2.75) is 19.4 Å². The van der Waals surface area contributed by atoms with Gasteiger partial charge in [0.1, 0.15) is 6.04 Å². The van der Waals surface area contributed by atoms with Crippen molar-refractivity contribution in [2.75, 3.05) is 5.88 Å². The van der Waals surface area contributed by atoms with Crippen LogP contribution in [0.5, 0.6) is 0 Å². The molecule has 0 aliphatic rings. The molecule has 0 aromatic heterocycles. The monoisotopic (exact) mass is 229 g/mol.